The molecule has 0 aromatic heterocycles. The van der Waals surface area contributed by atoms with Crippen LogP contribution in [0.2, 0.25) is 0 Å². The van der Waals surface area contributed by atoms with Gasteiger partial charge in [-0.15, -0.1) is 0 Å². The van der Waals surface area contributed by atoms with Crippen molar-refractivity contribution in [1.29, 1.82) is 0 Å². The summed E-state index contributed by atoms with van der Waals surface area (Å²) in [7, 11) is 0.628. The molecular weight excluding hydrogens is 667 g/mol. The summed E-state index contributed by atoms with van der Waals surface area (Å²) in [6, 6.07) is 15.7. The third kappa shape index (κ3) is 3.83. The second kappa shape index (κ2) is 9.48. The van der Waals surface area contributed by atoms with E-state index in [1.165, 1.54) is 0 Å². The van der Waals surface area contributed by atoms with E-state index >= 15 is 0 Å². The zero-order valence-corrected chi connectivity index (χ0v) is 23.8. The molecule has 1 unspecified atom stereocenters. The number of benzene rings is 3. The molecule has 1 atom stereocenters. The van der Waals surface area contributed by atoms with Crippen LogP contribution in [0.25, 0.3) is 0 Å². The van der Waals surface area contributed by atoms with Crippen LogP contribution in [0.1, 0.15) is 50.7 Å². The predicted octanol–water partition coefficient (Wildman–Crippen LogP) is 7.67. The molecule has 0 aliphatic carbocycles. The number of rotatable bonds is 1. The van der Waals surface area contributed by atoms with Crippen molar-refractivity contribution in [2.75, 3.05) is 0 Å². The van der Waals surface area contributed by atoms with E-state index in [4.69, 9.17) is 9.47 Å². The molecule has 0 fully saturated rings. The average Bonchev–Trinajstić information content (AvgIpc) is 3.06. The molecule has 1 spiro atoms. The van der Waals surface area contributed by atoms with E-state index < -0.39 is 5.60 Å². The van der Waals surface area contributed by atoms with Crippen LogP contribution in [0.15, 0.2) is 53.5 Å². The molecule has 0 bridgehead atoms. The number of carbonyl (C=O) groups excluding carboxylic acids is 1. The van der Waals surface area contributed by atoms with E-state index in [0.717, 1.165) is 39.1 Å². The fourth-order valence-electron chi connectivity index (χ4n) is 4.35. The van der Waals surface area contributed by atoms with Crippen molar-refractivity contribution in [2.45, 2.75) is 33.3 Å². The molecule has 0 N–H and O–H groups in total. The maximum atomic E-state index is 12.9. The summed E-state index contributed by atoms with van der Waals surface area (Å²) >= 11 is 4.74. The molecule has 2 aliphatic rings. The maximum absolute atomic E-state index is 12.9. The van der Waals surface area contributed by atoms with Gasteiger partial charge in [0.05, 0.1) is 11.3 Å². The molecule has 5 rings (SSSR count). The molecule has 4 nitrogen and oxygen atoms in total. The monoisotopic (exact) mass is 688 g/mol. The summed E-state index contributed by atoms with van der Waals surface area (Å²) in [4.78, 5) is 17.3. The van der Waals surface area contributed by atoms with E-state index in [0.29, 0.717) is 26.5 Å². The van der Waals surface area contributed by atoms with Gasteiger partial charge in [0.15, 0.2) is 5.60 Å². The summed E-state index contributed by atoms with van der Waals surface area (Å²) in [5.41, 5.74) is 6.20. The van der Waals surface area contributed by atoms with Crippen molar-refractivity contribution < 1.29 is 23.7 Å². The molecule has 2 aliphatic heterocycles. The first kappa shape index (κ1) is 23.8. The molecule has 0 amide bonds. The Morgan fingerprint density at radius 3 is 2.19 bits per heavy atom. The van der Waals surface area contributed by atoms with Crippen molar-refractivity contribution in [3.05, 3.63) is 87.5 Å². The molecule has 0 saturated carbocycles. The summed E-state index contributed by atoms with van der Waals surface area (Å²) in [6.07, 6.45) is 1.76. The van der Waals surface area contributed by atoms with Gasteiger partial charge in [-0.25, -0.2) is 4.79 Å². The Bertz CT molecular complexity index is 1260. The molecular formula is C25H21I2NO3V. The van der Waals surface area contributed by atoms with Crippen molar-refractivity contribution >= 4 is 57.8 Å². The zero-order valence-electron chi connectivity index (χ0n) is 18.1. The number of fused-ring (bicyclic) bond motifs is 6. The van der Waals surface area contributed by atoms with E-state index in [1.807, 2.05) is 56.3 Å². The van der Waals surface area contributed by atoms with Crippen LogP contribution in [-0.4, -0.2) is 12.2 Å². The van der Waals surface area contributed by atoms with Gasteiger partial charge in [-0.3, -0.25) is 4.99 Å². The molecule has 0 saturated heterocycles. The number of aliphatic imine (C=N–C) groups is 1. The second-order valence-electron chi connectivity index (χ2n) is 7.74. The van der Waals surface area contributed by atoms with Crippen LogP contribution in [0, 0.1) is 20.8 Å². The fraction of sp³-hybridized carbons (Fsp3) is 0.200. The standard InChI is InChI=1S/C25H21NO3.2HI.V/c1-5-26-21-13-23-20(11-16(21)4)25(18-9-7-6-8-17(18)24(27)29-25)19-10-14(2)15(3)12-22(19)28-23;;;/h5-13H,1-4H3;2*1H;/q;;;+2/p-2. The van der Waals surface area contributed by atoms with Gasteiger partial charge in [0.2, 0.25) is 0 Å². The number of hydrogen-bond acceptors (Lipinski definition) is 4. The van der Waals surface area contributed by atoms with Gasteiger partial charge < -0.3 is 9.47 Å². The quantitative estimate of drug-likeness (QED) is 0.150. The molecule has 3 aromatic carbocycles. The molecule has 163 valence electrons. The van der Waals surface area contributed by atoms with Crippen LogP contribution in [0.3, 0.4) is 0 Å². The Morgan fingerprint density at radius 1 is 0.906 bits per heavy atom. The first-order valence-electron chi connectivity index (χ1n) is 10.1. The zero-order chi connectivity index (χ0) is 23.0. The summed E-state index contributed by atoms with van der Waals surface area (Å²) in [6.45, 7) is 8.01. The van der Waals surface area contributed by atoms with Crippen molar-refractivity contribution in [3.63, 3.8) is 0 Å². The number of nitrogens with zero attached hydrogens (tertiary/aromatic N) is 1. The second-order valence-corrected chi connectivity index (χ2v) is 19.5. The van der Waals surface area contributed by atoms with Gasteiger partial charge in [0.1, 0.15) is 11.5 Å². The third-order valence-electron chi connectivity index (χ3n) is 5.91. The predicted molar refractivity (Wildman–Crippen MR) is 141 cm³/mol. The number of aryl methyl sites for hydroxylation is 3. The Balaban J connectivity index is 0.000000775. The first-order valence-corrected chi connectivity index (χ1v) is 19.1. The first-order chi connectivity index (χ1) is 15.4. The van der Waals surface area contributed by atoms with Crippen LogP contribution in [0.5, 0.6) is 11.5 Å². The molecule has 7 heteroatoms. The Morgan fingerprint density at radius 2 is 1.50 bits per heavy atom. The van der Waals surface area contributed by atoms with Crippen LogP contribution in [0.4, 0.5) is 5.69 Å². The van der Waals surface area contributed by atoms with Gasteiger partial charge in [0, 0.05) is 29.0 Å². The Labute approximate surface area is 217 Å². The van der Waals surface area contributed by atoms with Crippen molar-refractivity contribution in [1.82, 2.24) is 0 Å². The summed E-state index contributed by atoms with van der Waals surface area (Å²) in [5, 5.41) is 0. The van der Waals surface area contributed by atoms with Gasteiger partial charge in [-0.05, 0) is 68.7 Å². The van der Waals surface area contributed by atoms with E-state index in [2.05, 4.69) is 64.9 Å². The number of carbonyl (C=O) groups is 1. The van der Waals surface area contributed by atoms with Crippen molar-refractivity contribution in [2.24, 2.45) is 4.99 Å². The Kier molecular flexibility index (Phi) is 7.05. The van der Waals surface area contributed by atoms with Gasteiger partial charge in [-0.1, -0.05) is 18.2 Å². The number of ether oxygens (including phenoxy) is 2. The molecule has 32 heavy (non-hydrogen) atoms. The van der Waals surface area contributed by atoms with Crippen LogP contribution >= 0.6 is 40.0 Å². The minimum absolute atomic E-state index is 0.314. The average molecular weight is 688 g/mol. The molecule has 3 aromatic rings. The van der Waals surface area contributed by atoms with Gasteiger partial charge in [-0.2, -0.15) is 0 Å². The number of halogens is 2. The van der Waals surface area contributed by atoms with Gasteiger partial charge >= 0.3 is 55.4 Å². The van der Waals surface area contributed by atoms with E-state index in [-0.39, 0.29) is 5.97 Å². The normalized spacial score (nSPS) is 17.6. The number of hydrogen-bond donors (Lipinski definition) is 0. The third-order valence-corrected chi connectivity index (χ3v) is 5.91. The topological polar surface area (TPSA) is 47.9 Å². The fourth-order valence-corrected chi connectivity index (χ4v) is 4.35. The summed E-state index contributed by atoms with van der Waals surface area (Å²) in [5.74, 6) is 1.06. The Hall–Kier alpha value is -1.36. The van der Waals surface area contributed by atoms with Crippen LogP contribution in [-0.2, 0) is 19.8 Å². The summed E-state index contributed by atoms with van der Waals surface area (Å²) < 4.78 is 12.5. The number of esters is 1. The van der Waals surface area contributed by atoms with Crippen molar-refractivity contribution in [3.8, 4) is 11.5 Å². The SMILES string of the molecule is CC=Nc1cc2c(cc1C)C1(OC(=O)c3ccccc31)c1cc(C)c(C)cc1O2.[I][V][I]. The van der Waals surface area contributed by atoms with Crippen LogP contribution < -0.4 is 4.74 Å². The van der Waals surface area contributed by atoms with Gasteiger partial charge in [0.25, 0.3) is 0 Å². The minimum atomic E-state index is -1.02. The molecule has 2 heterocycles. The van der Waals surface area contributed by atoms with E-state index in [1.54, 1.807) is 6.21 Å². The van der Waals surface area contributed by atoms with E-state index in [9.17, 15) is 4.79 Å². The molecule has 0 radical (unpaired) electrons.